The van der Waals surface area contributed by atoms with Crippen LogP contribution in [0.25, 0.3) is 0 Å². The lowest BCUT2D eigenvalue weighted by Gasteiger charge is -2.37. The molecule has 0 aromatic heterocycles. The second kappa shape index (κ2) is 9.03. The van der Waals surface area contributed by atoms with Crippen molar-refractivity contribution < 1.29 is 9.53 Å². The molecule has 0 saturated heterocycles. The molecule has 0 N–H and O–H groups in total. The van der Waals surface area contributed by atoms with Gasteiger partial charge in [-0.2, -0.15) is 0 Å². The van der Waals surface area contributed by atoms with Gasteiger partial charge < -0.3 is 4.74 Å². The number of hydrogen-bond donors (Lipinski definition) is 0. The number of allylic oxidation sites excluding steroid dienone is 1. The highest BCUT2D eigenvalue weighted by Crippen LogP contribution is 2.20. The second-order valence-corrected chi connectivity index (χ2v) is 6.24. The quantitative estimate of drug-likeness (QED) is 0.392. The Morgan fingerprint density at radius 1 is 1.17 bits per heavy atom. The van der Waals surface area contributed by atoms with Crippen molar-refractivity contribution in [1.82, 2.24) is 5.01 Å². The molecule has 0 radical (unpaired) electrons. The predicted molar refractivity (Wildman–Crippen MR) is 96.4 cm³/mol. The fraction of sp³-hybridized carbons (Fsp3) is 0.421. The molecule has 0 bridgehead atoms. The highest BCUT2D eigenvalue weighted by Gasteiger charge is 2.26. The Labute approximate surface area is 140 Å². The van der Waals surface area contributed by atoms with Crippen LogP contribution in [0.1, 0.15) is 33.6 Å². The molecule has 0 aliphatic heterocycles. The SMILES string of the molecule is C=CCCCN(c1ccccc1)N(CC=C)C(=O)OC(C)(C)C. The molecule has 23 heavy (non-hydrogen) atoms. The van der Waals surface area contributed by atoms with Gasteiger partial charge in [0.05, 0.1) is 12.2 Å². The van der Waals surface area contributed by atoms with Crippen LogP contribution < -0.4 is 5.01 Å². The molecule has 0 fully saturated rings. The molecule has 0 aliphatic rings. The average molecular weight is 316 g/mol. The normalized spacial score (nSPS) is 10.7. The second-order valence-electron chi connectivity index (χ2n) is 6.24. The summed E-state index contributed by atoms with van der Waals surface area (Å²) in [6.45, 7) is 14.2. The van der Waals surface area contributed by atoms with Crippen LogP contribution in [0.5, 0.6) is 0 Å². The van der Waals surface area contributed by atoms with Gasteiger partial charge in [0.25, 0.3) is 0 Å². The number of carbonyl (C=O) groups is 1. The van der Waals surface area contributed by atoms with Crippen molar-refractivity contribution in [3.63, 3.8) is 0 Å². The van der Waals surface area contributed by atoms with Crippen LogP contribution in [0.15, 0.2) is 55.6 Å². The predicted octanol–water partition coefficient (Wildman–Crippen LogP) is 4.80. The maximum atomic E-state index is 12.6. The number of anilines is 1. The van der Waals surface area contributed by atoms with E-state index in [0.717, 1.165) is 18.5 Å². The zero-order chi connectivity index (χ0) is 17.3. The summed E-state index contributed by atoms with van der Waals surface area (Å²) >= 11 is 0. The summed E-state index contributed by atoms with van der Waals surface area (Å²) in [5.74, 6) is 0. The van der Waals surface area contributed by atoms with Crippen LogP contribution in [-0.4, -0.2) is 29.8 Å². The minimum Gasteiger partial charge on any atom is -0.442 e. The third-order valence-corrected chi connectivity index (χ3v) is 3.03. The monoisotopic (exact) mass is 316 g/mol. The largest absolute Gasteiger partial charge is 0.442 e. The molecule has 0 aliphatic carbocycles. The number of rotatable bonds is 8. The zero-order valence-electron chi connectivity index (χ0n) is 14.5. The maximum Gasteiger partial charge on any atom is 0.429 e. The van der Waals surface area contributed by atoms with Crippen molar-refractivity contribution >= 4 is 11.8 Å². The Morgan fingerprint density at radius 2 is 1.83 bits per heavy atom. The first kappa shape index (κ1) is 18.8. The number of nitrogens with zero attached hydrogens (tertiary/aromatic N) is 2. The summed E-state index contributed by atoms with van der Waals surface area (Å²) in [6.07, 6.45) is 5.00. The third-order valence-electron chi connectivity index (χ3n) is 3.03. The minimum atomic E-state index is -0.542. The highest BCUT2D eigenvalue weighted by molar-refractivity contribution is 5.71. The number of amides is 1. The number of hydrazine groups is 1. The van der Waals surface area contributed by atoms with Gasteiger partial charge in [-0.15, -0.1) is 13.2 Å². The van der Waals surface area contributed by atoms with Gasteiger partial charge >= 0.3 is 6.09 Å². The lowest BCUT2D eigenvalue weighted by molar-refractivity contribution is 0.0247. The van der Waals surface area contributed by atoms with Crippen LogP contribution >= 0.6 is 0 Å². The molecule has 1 aromatic rings. The Morgan fingerprint density at radius 3 is 2.35 bits per heavy atom. The highest BCUT2D eigenvalue weighted by atomic mass is 16.6. The van der Waals surface area contributed by atoms with E-state index in [1.165, 1.54) is 0 Å². The molecule has 0 heterocycles. The van der Waals surface area contributed by atoms with Crippen LogP contribution in [0.4, 0.5) is 10.5 Å². The number of unbranched alkanes of at least 4 members (excludes halogenated alkanes) is 1. The first-order valence-corrected chi connectivity index (χ1v) is 7.94. The summed E-state index contributed by atoms with van der Waals surface area (Å²) < 4.78 is 5.54. The lowest BCUT2D eigenvalue weighted by atomic mass is 10.2. The van der Waals surface area contributed by atoms with E-state index in [1.54, 1.807) is 11.1 Å². The summed E-state index contributed by atoms with van der Waals surface area (Å²) in [7, 11) is 0. The molecular formula is C19H28N2O2. The number of ether oxygens (including phenoxy) is 1. The van der Waals surface area contributed by atoms with E-state index >= 15 is 0 Å². The van der Waals surface area contributed by atoms with E-state index in [9.17, 15) is 4.79 Å². The van der Waals surface area contributed by atoms with Gasteiger partial charge in [-0.25, -0.2) is 9.80 Å². The molecule has 0 saturated carbocycles. The first-order chi connectivity index (χ1) is 10.9. The van der Waals surface area contributed by atoms with Crippen molar-refractivity contribution in [3.05, 3.63) is 55.6 Å². The summed E-state index contributed by atoms with van der Waals surface area (Å²) in [5, 5.41) is 3.54. The molecule has 1 amide bonds. The number of hydrogen-bond acceptors (Lipinski definition) is 3. The van der Waals surface area contributed by atoms with Crippen molar-refractivity contribution in [1.29, 1.82) is 0 Å². The fourth-order valence-corrected chi connectivity index (χ4v) is 2.08. The Kier molecular flexibility index (Phi) is 7.39. The van der Waals surface area contributed by atoms with Crippen LogP contribution in [0, 0.1) is 0 Å². The maximum absolute atomic E-state index is 12.6. The smallest absolute Gasteiger partial charge is 0.429 e. The molecule has 1 aromatic carbocycles. The number of para-hydroxylation sites is 1. The van der Waals surface area contributed by atoms with E-state index in [0.29, 0.717) is 13.1 Å². The fourth-order valence-electron chi connectivity index (χ4n) is 2.08. The van der Waals surface area contributed by atoms with Crippen molar-refractivity contribution in [2.24, 2.45) is 0 Å². The lowest BCUT2D eigenvalue weighted by Crippen LogP contribution is -2.49. The van der Waals surface area contributed by atoms with Crippen LogP contribution in [-0.2, 0) is 4.74 Å². The van der Waals surface area contributed by atoms with Gasteiger partial charge in [-0.05, 0) is 45.7 Å². The zero-order valence-corrected chi connectivity index (χ0v) is 14.5. The molecule has 4 heteroatoms. The van der Waals surface area contributed by atoms with E-state index in [1.807, 2.05) is 62.2 Å². The van der Waals surface area contributed by atoms with Gasteiger partial charge in [0.15, 0.2) is 0 Å². The van der Waals surface area contributed by atoms with Crippen LogP contribution in [0.3, 0.4) is 0 Å². The summed E-state index contributed by atoms with van der Waals surface area (Å²) in [5.41, 5.74) is 0.407. The van der Waals surface area contributed by atoms with Gasteiger partial charge in [0.1, 0.15) is 5.60 Å². The van der Waals surface area contributed by atoms with Crippen LogP contribution in [0.2, 0.25) is 0 Å². The Bertz CT molecular complexity index is 506. The average Bonchev–Trinajstić information content (AvgIpc) is 2.49. The summed E-state index contributed by atoms with van der Waals surface area (Å²) in [4.78, 5) is 12.6. The molecule has 126 valence electrons. The van der Waals surface area contributed by atoms with Crippen molar-refractivity contribution in [2.75, 3.05) is 18.1 Å². The van der Waals surface area contributed by atoms with E-state index in [4.69, 9.17) is 4.74 Å². The topological polar surface area (TPSA) is 32.8 Å². The van der Waals surface area contributed by atoms with Gasteiger partial charge in [0, 0.05) is 6.54 Å². The number of carbonyl (C=O) groups excluding carboxylic acids is 1. The minimum absolute atomic E-state index is 0.375. The van der Waals surface area contributed by atoms with Crippen molar-refractivity contribution in [2.45, 2.75) is 39.2 Å². The molecular weight excluding hydrogens is 288 g/mol. The number of benzene rings is 1. The molecule has 0 unspecified atom stereocenters. The van der Waals surface area contributed by atoms with Gasteiger partial charge in [-0.3, -0.25) is 5.01 Å². The molecule has 0 spiro atoms. The summed E-state index contributed by atoms with van der Waals surface area (Å²) in [6, 6.07) is 9.83. The molecule has 1 rings (SSSR count). The van der Waals surface area contributed by atoms with Gasteiger partial charge in [-0.1, -0.05) is 30.4 Å². The van der Waals surface area contributed by atoms with Crippen molar-refractivity contribution in [3.8, 4) is 0 Å². The van der Waals surface area contributed by atoms with E-state index in [2.05, 4.69) is 13.2 Å². The van der Waals surface area contributed by atoms with E-state index in [-0.39, 0.29) is 6.09 Å². The standard InChI is InChI=1S/C19H28N2O2/c1-6-8-12-16-20(17-13-10-9-11-14-17)21(15-7-2)18(22)23-19(3,4)5/h6-7,9-11,13-14H,1-2,8,12,15-16H2,3-5H3. The Hall–Kier alpha value is -2.23. The molecule has 0 atom stereocenters. The molecule has 4 nitrogen and oxygen atoms in total. The third kappa shape index (κ3) is 6.59. The van der Waals surface area contributed by atoms with Gasteiger partial charge in [0.2, 0.25) is 0 Å². The first-order valence-electron chi connectivity index (χ1n) is 7.94. The van der Waals surface area contributed by atoms with E-state index < -0.39 is 5.60 Å². The Balaban J connectivity index is 3.03.